The molecule has 0 amide bonds. The Bertz CT molecular complexity index is 509. The summed E-state index contributed by atoms with van der Waals surface area (Å²) in [7, 11) is 1.90. The van der Waals surface area contributed by atoms with Gasteiger partial charge in [0.25, 0.3) is 0 Å². The van der Waals surface area contributed by atoms with Gasteiger partial charge in [0.05, 0.1) is 23.5 Å². The highest BCUT2D eigenvalue weighted by Gasteiger charge is 2.13. The second-order valence-electron chi connectivity index (χ2n) is 4.98. The van der Waals surface area contributed by atoms with Crippen LogP contribution in [0.25, 0.3) is 0 Å². The lowest BCUT2D eigenvalue weighted by Gasteiger charge is -2.12. The molecular weight excluding hydrogens is 238 g/mol. The van der Waals surface area contributed by atoms with Gasteiger partial charge in [0, 0.05) is 25.9 Å². The van der Waals surface area contributed by atoms with E-state index in [4.69, 9.17) is 5.73 Å². The Morgan fingerprint density at radius 2 is 1.89 bits per heavy atom. The molecule has 0 saturated heterocycles. The van der Waals surface area contributed by atoms with Crippen LogP contribution in [0.1, 0.15) is 50.2 Å². The summed E-state index contributed by atoms with van der Waals surface area (Å²) in [6, 6.07) is 4.41. The molecule has 0 bridgehead atoms. The predicted octanol–water partition coefficient (Wildman–Crippen LogP) is 2.22. The molecule has 0 aromatic carbocycles. The minimum Gasteiger partial charge on any atom is -0.322 e. The molecule has 2 aromatic rings. The van der Waals surface area contributed by atoms with E-state index in [0.29, 0.717) is 6.04 Å². The molecule has 1 unspecified atom stereocenters. The molecule has 19 heavy (non-hydrogen) atoms. The van der Waals surface area contributed by atoms with E-state index in [1.54, 1.807) is 4.68 Å². The third-order valence-corrected chi connectivity index (χ3v) is 3.52. The standard InChI is InChI=1S/C14H23N5/c1-4-12(5-2)19-9-6-11(16-19)10-13(15)14-7-8-18(3)17-14/h6-9,12-13H,4-5,10,15H2,1-3H3. The molecule has 2 aromatic heterocycles. The van der Waals surface area contributed by atoms with Crippen LogP contribution in [0.4, 0.5) is 0 Å². The Morgan fingerprint density at radius 3 is 2.47 bits per heavy atom. The van der Waals surface area contributed by atoms with E-state index >= 15 is 0 Å². The fourth-order valence-corrected chi connectivity index (χ4v) is 2.31. The Balaban J connectivity index is 2.03. The Labute approximate surface area is 114 Å². The van der Waals surface area contributed by atoms with Crippen molar-refractivity contribution in [3.63, 3.8) is 0 Å². The molecule has 0 aliphatic heterocycles. The molecule has 1 atom stereocenters. The second kappa shape index (κ2) is 6.02. The first-order valence-corrected chi connectivity index (χ1v) is 6.93. The number of hydrogen-bond donors (Lipinski definition) is 1. The zero-order chi connectivity index (χ0) is 13.8. The Morgan fingerprint density at radius 1 is 1.16 bits per heavy atom. The first-order chi connectivity index (χ1) is 9.13. The van der Waals surface area contributed by atoms with Gasteiger partial charge in [0.15, 0.2) is 0 Å². The normalized spacial score (nSPS) is 13.1. The number of hydrogen-bond acceptors (Lipinski definition) is 3. The van der Waals surface area contributed by atoms with Crippen LogP contribution in [0.5, 0.6) is 0 Å². The number of aromatic nitrogens is 4. The number of nitrogens with two attached hydrogens (primary N) is 1. The van der Waals surface area contributed by atoms with E-state index in [0.717, 1.165) is 30.7 Å². The Kier molecular flexibility index (Phi) is 4.37. The number of rotatable bonds is 6. The summed E-state index contributed by atoms with van der Waals surface area (Å²) in [5.74, 6) is 0. The zero-order valence-corrected chi connectivity index (χ0v) is 12.0. The highest BCUT2D eigenvalue weighted by Crippen LogP contribution is 2.17. The molecule has 5 nitrogen and oxygen atoms in total. The summed E-state index contributed by atoms with van der Waals surface area (Å²) < 4.78 is 3.83. The second-order valence-corrected chi connectivity index (χ2v) is 4.98. The lowest BCUT2D eigenvalue weighted by atomic mass is 10.1. The van der Waals surface area contributed by atoms with Gasteiger partial charge in [-0.15, -0.1) is 0 Å². The molecule has 0 spiro atoms. The van der Waals surface area contributed by atoms with Gasteiger partial charge in [-0.05, 0) is 25.0 Å². The highest BCUT2D eigenvalue weighted by molar-refractivity contribution is 5.10. The summed E-state index contributed by atoms with van der Waals surface area (Å²) in [5.41, 5.74) is 8.11. The average Bonchev–Trinajstić information content (AvgIpc) is 3.00. The highest BCUT2D eigenvalue weighted by atomic mass is 15.3. The Hall–Kier alpha value is -1.62. The largest absolute Gasteiger partial charge is 0.322 e. The molecule has 0 aliphatic rings. The van der Waals surface area contributed by atoms with E-state index in [-0.39, 0.29) is 6.04 Å². The molecule has 0 fully saturated rings. The topological polar surface area (TPSA) is 61.7 Å². The molecule has 2 N–H and O–H groups in total. The van der Waals surface area contributed by atoms with Crippen LogP contribution < -0.4 is 5.73 Å². The lowest BCUT2D eigenvalue weighted by Crippen LogP contribution is -2.15. The molecule has 5 heteroatoms. The molecule has 104 valence electrons. The van der Waals surface area contributed by atoms with Crippen LogP contribution in [-0.4, -0.2) is 19.6 Å². The molecule has 2 heterocycles. The first-order valence-electron chi connectivity index (χ1n) is 6.93. The van der Waals surface area contributed by atoms with Crippen LogP contribution in [0.15, 0.2) is 24.5 Å². The first kappa shape index (κ1) is 13.8. The van der Waals surface area contributed by atoms with Gasteiger partial charge < -0.3 is 5.73 Å². The van der Waals surface area contributed by atoms with Crippen molar-refractivity contribution in [2.75, 3.05) is 0 Å². The SMILES string of the molecule is CCC(CC)n1ccc(CC(N)c2ccn(C)n2)n1. The smallest absolute Gasteiger partial charge is 0.0795 e. The maximum Gasteiger partial charge on any atom is 0.0795 e. The van der Waals surface area contributed by atoms with Gasteiger partial charge in [0.2, 0.25) is 0 Å². The lowest BCUT2D eigenvalue weighted by molar-refractivity contribution is 0.424. The van der Waals surface area contributed by atoms with Crippen molar-refractivity contribution in [3.05, 3.63) is 35.9 Å². The monoisotopic (exact) mass is 261 g/mol. The molecule has 2 rings (SSSR count). The molecule has 0 aliphatic carbocycles. The van der Waals surface area contributed by atoms with Gasteiger partial charge >= 0.3 is 0 Å². The molecule has 0 saturated carbocycles. The zero-order valence-electron chi connectivity index (χ0n) is 12.0. The van der Waals surface area contributed by atoms with Gasteiger partial charge in [-0.3, -0.25) is 9.36 Å². The van der Waals surface area contributed by atoms with Crippen molar-refractivity contribution < 1.29 is 0 Å². The van der Waals surface area contributed by atoms with Gasteiger partial charge in [0.1, 0.15) is 0 Å². The van der Waals surface area contributed by atoms with Crippen molar-refractivity contribution in [1.82, 2.24) is 19.6 Å². The van der Waals surface area contributed by atoms with E-state index < -0.39 is 0 Å². The van der Waals surface area contributed by atoms with E-state index in [1.807, 2.05) is 19.3 Å². The van der Waals surface area contributed by atoms with Crippen molar-refractivity contribution in [2.45, 2.75) is 45.2 Å². The van der Waals surface area contributed by atoms with Crippen molar-refractivity contribution in [2.24, 2.45) is 12.8 Å². The predicted molar refractivity (Wildman–Crippen MR) is 75.7 cm³/mol. The minimum atomic E-state index is -0.0914. The summed E-state index contributed by atoms with van der Waals surface area (Å²) in [6.07, 6.45) is 6.90. The van der Waals surface area contributed by atoms with E-state index in [2.05, 4.69) is 41.0 Å². The number of aryl methyl sites for hydroxylation is 1. The maximum atomic E-state index is 6.17. The van der Waals surface area contributed by atoms with Gasteiger partial charge in [-0.2, -0.15) is 10.2 Å². The maximum absolute atomic E-state index is 6.17. The molecule has 0 radical (unpaired) electrons. The summed E-state index contributed by atoms with van der Waals surface area (Å²) >= 11 is 0. The van der Waals surface area contributed by atoms with Crippen LogP contribution in [0.2, 0.25) is 0 Å². The van der Waals surface area contributed by atoms with Crippen LogP contribution >= 0.6 is 0 Å². The molecular formula is C14H23N5. The van der Waals surface area contributed by atoms with Crippen molar-refractivity contribution in [3.8, 4) is 0 Å². The summed E-state index contributed by atoms with van der Waals surface area (Å²) in [4.78, 5) is 0. The minimum absolute atomic E-state index is 0.0914. The number of nitrogens with zero attached hydrogens (tertiary/aromatic N) is 4. The van der Waals surface area contributed by atoms with Crippen molar-refractivity contribution in [1.29, 1.82) is 0 Å². The van der Waals surface area contributed by atoms with Gasteiger partial charge in [-0.1, -0.05) is 13.8 Å². The average molecular weight is 261 g/mol. The third kappa shape index (κ3) is 3.23. The summed E-state index contributed by atoms with van der Waals surface area (Å²) in [6.45, 7) is 4.38. The third-order valence-electron chi connectivity index (χ3n) is 3.52. The fourth-order valence-electron chi connectivity index (χ4n) is 2.31. The van der Waals surface area contributed by atoms with E-state index in [1.165, 1.54) is 0 Å². The van der Waals surface area contributed by atoms with Crippen LogP contribution in [0.3, 0.4) is 0 Å². The van der Waals surface area contributed by atoms with Gasteiger partial charge in [-0.25, -0.2) is 0 Å². The van der Waals surface area contributed by atoms with Crippen LogP contribution in [-0.2, 0) is 13.5 Å². The van der Waals surface area contributed by atoms with Crippen molar-refractivity contribution >= 4 is 0 Å². The fraction of sp³-hybridized carbons (Fsp3) is 0.571. The summed E-state index contributed by atoms with van der Waals surface area (Å²) in [5, 5.41) is 8.96. The van der Waals surface area contributed by atoms with E-state index in [9.17, 15) is 0 Å². The van der Waals surface area contributed by atoms with Crippen LogP contribution in [0, 0.1) is 0 Å². The quantitative estimate of drug-likeness (QED) is 0.867.